The van der Waals surface area contributed by atoms with Crippen molar-refractivity contribution < 1.29 is 4.79 Å². The van der Waals surface area contributed by atoms with Crippen molar-refractivity contribution in [3.8, 4) is 0 Å². The van der Waals surface area contributed by atoms with E-state index in [1.807, 2.05) is 18.3 Å². The summed E-state index contributed by atoms with van der Waals surface area (Å²) in [6.45, 7) is 1.45. The molecular weight excluding hydrogens is 302 g/mol. The van der Waals surface area contributed by atoms with Gasteiger partial charge in [0.2, 0.25) is 5.91 Å². The van der Waals surface area contributed by atoms with Crippen molar-refractivity contribution in [1.82, 2.24) is 19.9 Å². The zero-order chi connectivity index (χ0) is 16.6. The predicted octanol–water partition coefficient (Wildman–Crippen LogP) is 1.93. The van der Waals surface area contributed by atoms with E-state index in [1.165, 1.54) is 10.9 Å². The number of fused-ring (bicyclic) bond motifs is 1. The van der Waals surface area contributed by atoms with Gasteiger partial charge in [-0.05, 0) is 37.1 Å². The summed E-state index contributed by atoms with van der Waals surface area (Å²) in [5.74, 6) is -0.359. The summed E-state index contributed by atoms with van der Waals surface area (Å²) in [6.07, 6.45) is 8.39. The molecule has 3 aromatic rings. The van der Waals surface area contributed by atoms with E-state index in [1.54, 1.807) is 18.6 Å². The van der Waals surface area contributed by atoms with Crippen LogP contribution in [-0.2, 0) is 16.9 Å². The number of nitrogens with zero attached hydrogens (tertiary/aromatic N) is 3. The van der Waals surface area contributed by atoms with Crippen LogP contribution in [0.15, 0.2) is 49.1 Å². The average Bonchev–Trinajstić information content (AvgIpc) is 3.23. The van der Waals surface area contributed by atoms with E-state index < -0.39 is 5.54 Å². The molecular formula is C18H19N5O. The Hall–Kier alpha value is -2.73. The van der Waals surface area contributed by atoms with Crippen molar-refractivity contribution in [1.29, 1.82) is 0 Å². The van der Waals surface area contributed by atoms with Crippen molar-refractivity contribution in [3.05, 3.63) is 60.3 Å². The molecule has 0 saturated carbocycles. The number of hydrogen-bond acceptors (Lipinski definition) is 4. The minimum atomic E-state index is -0.882. The molecule has 1 unspecified atom stereocenters. The maximum absolute atomic E-state index is 12.4. The number of aromatic amines is 1. The fourth-order valence-electron chi connectivity index (χ4n) is 3.79. The fourth-order valence-corrected chi connectivity index (χ4v) is 3.79. The highest BCUT2D eigenvalue weighted by Gasteiger charge is 2.49. The SMILES string of the molecule is NC(=O)C1(c2cnccn2)CCCN1Cc1cccc2[nH]ccc12. The maximum Gasteiger partial charge on any atom is 0.244 e. The number of carbonyl (C=O) groups is 1. The van der Waals surface area contributed by atoms with E-state index in [0.29, 0.717) is 18.7 Å². The predicted molar refractivity (Wildman–Crippen MR) is 90.8 cm³/mol. The number of rotatable bonds is 4. The average molecular weight is 321 g/mol. The molecule has 0 radical (unpaired) electrons. The Balaban J connectivity index is 1.76. The molecule has 3 N–H and O–H groups in total. The Morgan fingerprint density at radius 2 is 2.25 bits per heavy atom. The van der Waals surface area contributed by atoms with Crippen molar-refractivity contribution in [2.24, 2.45) is 5.73 Å². The van der Waals surface area contributed by atoms with Gasteiger partial charge in [0.25, 0.3) is 0 Å². The second-order valence-corrected chi connectivity index (χ2v) is 6.20. The zero-order valence-electron chi connectivity index (χ0n) is 13.3. The number of likely N-dealkylation sites (tertiary alicyclic amines) is 1. The normalized spacial score (nSPS) is 21.3. The molecule has 1 fully saturated rings. The molecule has 0 bridgehead atoms. The van der Waals surface area contributed by atoms with Gasteiger partial charge in [0.05, 0.1) is 11.9 Å². The molecule has 6 heteroatoms. The molecule has 1 saturated heterocycles. The Morgan fingerprint density at radius 3 is 3.04 bits per heavy atom. The molecule has 1 aliphatic heterocycles. The van der Waals surface area contributed by atoms with Crippen LogP contribution in [0.25, 0.3) is 10.9 Å². The number of nitrogens with one attached hydrogen (secondary N) is 1. The number of aromatic nitrogens is 3. The van der Waals surface area contributed by atoms with Crippen LogP contribution >= 0.6 is 0 Å². The molecule has 122 valence electrons. The summed E-state index contributed by atoms with van der Waals surface area (Å²) >= 11 is 0. The minimum Gasteiger partial charge on any atom is -0.368 e. The van der Waals surface area contributed by atoms with E-state index in [9.17, 15) is 4.79 Å². The van der Waals surface area contributed by atoms with Gasteiger partial charge in [-0.15, -0.1) is 0 Å². The monoisotopic (exact) mass is 321 g/mol. The molecule has 1 atom stereocenters. The lowest BCUT2D eigenvalue weighted by Gasteiger charge is -2.35. The number of amides is 1. The summed E-state index contributed by atoms with van der Waals surface area (Å²) in [7, 11) is 0. The van der Waals surface area contributed by atoms with E-state index >= 15 is 0 Å². The first-order valence-electron chi connectivity index (χ1n) is 8.08. The van der Waals surface area contributed by atoms with E-state index in [4.69, 9.17) is 5.73 Å². The van der Waals surface area contributed by atoms with Gasteiger partial charge in [0.1, 0.15) is 5.54 Å². The van der Waals surface area contributed by atoms with Gasteiger partial charge >= 0.3 is 0 Å². The Labute approximate surface area is 139 Å². The zero-order valence-corrected chi connectivity index (χ0v) is 13.3. The Bertz CT molecular complexity index is 875. The lowest BCUT2D eigenvalue weighted by atomic mass is 9.90. The van der Waals surface area contributed by atoms with Crippen LogP contribution < -0.4 is 5.73 Å². The lowest BCUT2D eigenvalue weighted by molar-refractivity contribution is -0.129. The Kier molecular flexibility index (Phi) is 3.54. The molecule has 24 heavy (non-hydrogen) atoms. The third-order valence-corrected chi connectivity index (χ3v) is 4.95. The quantitative estimate of drug-likeness (QED) is 0.768. The second-order valence-electron chi connectivity index (χ2n) is 6.20. The van der Waals surface area contributed by atoms with Gasteiger partial charge in [-0.25, -0.2) is 0 Å². The summed E-state index contributed by atoms with van der Waals surface area (Å²) in [5, 5.41) is 1.17. The number of hydrogen-bond donors (Lipinski definition) is 2. The topological polar surface area (TPSA) is 87.9 Å². The molecule has 1 aromatic carbocycles. The van der Waals surface area contributed by atoms with Crippen LogP contribution in [0.5, 0.6) is 0 Å². The van der Waals surface area contributed by atoms with Gasteiger partial charge in [-0.1, -0.05) is 12.1 Å². The van der Waals surface area contributed by atoms with E-state index in [2.05, 4.69) is 32.0 Å². The highest BCUT2D eigenvalue weighted by atomic mass is 16.1. The highest BCUT2D eigenvalue weighted by Crippen LogP contribution is 2.39. The van der Waals surface area contributed by atoms with Gasteiger partial charge in [0, 0.05) is 36.0 Å². The van der Waals surface area contributed by atoms with Crippen molar-refractivity contribution in [2.75, 3.05) is 6.54 Å². The first kappa shape index (κ1) is 14.8. The van der Waals surface area contributed by atoms with E-state index in [-0.39, 0.29) is 5.91 Å². The van der Waals surface area contributed by atoms with Gasteiger partial charge < -0.3 is 10.7 Å². The second kappa shape index (κ2) is 5.72. The number of nitrogens with two attached hydrogens (primary N) is 1. The molecule has 0 spiro atoms. The van der Waals surface area contributed by atoms with Crippen molar-refractivity contribution in [2.45, 2.75) is 24.9 Å². The van der Waals surface area contributed by atoms with Crippen LogP contribution in [0.2, 0.25) is 0 Å². The molecule has 1 amide bonds. The molecule has 3 heterocycles. The summed E-state index contributed by atoms with van der Waals surface area (Å²) in [4.78, 5) is 26.3. The molecule has 4 rings (SSSR count). The van der Waals surface area contributed by atoms with Crippen LogP contribution in [0.3, 0.4) is 0 Å². The van der Waals surface area contributed by atoms with Crippen molar-refractivity contribution >= 4 is 16.8 Å². The summed E-state index contributed by atoms with van der Waals surface area (Å²) in [6, 6.07) is 8.23. The van der Waals surface area contributed by atoms with Crippen LogP contribution in [0.1, 0.15) is 24.1 Å². The van der Waals surface area contributed by atoms with E-state index in [0.717, 1.165) is 18.5 Å². The van der Waals surface area contributed by atoms with Crippen molar-refractivity contribution in [3.63, 3.8) is 0 Å². The standard InChI is InChI=1S/C18H19N5O/c19-17(24)18(16-11-20-8-9-22-16)6-2-10-23(18)12-13-3-1-4-15-14(13)5-7-21-15/h1,3-5,7-9,11,21H,2,6,10,12H2,(H2,19,24). The first-order chi connectivity index (χ1) is 11.7. The smallest absolute Gasteiger partial charge is 0.244 e. The molecule has 1 aliphatic rings. The van der Waals surface area contributed by atoms with Crippen LogP contribution in [0.4, 0.5) is 0 Å². The molecule has 2 aromatic heterocycles. The number of H-pyrrole nitrogens is 1. The van der Waals surface area contributed by atoms with Gasteiger partial charge in [0.15, 0.2) is 0 Å². The third-order valence-electron chi connectivity index (χ3n) is 4.95. The van der Waals surface area contributed by atoms with Gasteiger partial charge in [-0.3, -0.25) is 19.7 Å². The largest absolute Gasteiger partial charge is 0.368 e. The number of benzene rings is 1. The Morgan fingerprint density at radius 1 is 1.33 bits per heavy atom. The summed E-state index contributed by atoms with van der Waals surface area (Å²) in [5.41, 5.74) is 7.86. The minimum absolute atomic E-state index is 0.359. The molecule has 0 aliphatic carbocycles. The number of primary amides is 1. The van der Waals surface area contributed by atoms with Gasteiger partial charge in [-0.2, -0.15) is 0 Å². The third kappa shape index (κ3) is 2.18. The first-order valence-corrected chi connectivity index (χ1v) is 8.08. The fraction of sp³-hybridized carbons (Fsp3) is 0.278. The number of carbonyl (C=O) groups excluding carboxylic acids is 1. The van der Waals surface area contributed by atoms with Crippen LogP contribution in [0, 0.1) is 0 Å². The highest BCUT2D eigenvalue weighted by molar-refractivity contribution is 5.86. The molecule has 6 nitrogen and oxygen atoms in total. The van der Waals surface area contributed by atoms with Crippen LogP contribution in [-0.4, -0.2) is 32.3 Å². The lowest BCUT2D eigenvalue weighted by Crippen LogP contribution is -2.51. The summed E-state index contributed by atoms with van der Waals surface area (Å²) < 4.78 is 0. The maximum atomic E-state index is 12.4.